The van der Waals surface area contributed by atoms with E-state index in [1.165, 1.54) is 0 Å². The van der Waals surface area contributed by atoms with E-state index >= 15 is 0 Å². The Bertz CT molecular complexity index is 206. The number of methoxy groups -OCH3 is 2. The zero-order valence-corrected chi connectivity index (χ0v) is 12.1. The predicted molar refractivity (Wildman–Crippen MR) is 62.9 cm³/mol. The summed E-state index contributed by atoms with van der Waals surface area (Å²) < 4.78 is 10.0. The summed E-state index contributed by atoms with van der Waals surface area (Å²) in [4.78, 5) is 1.95. The number of nitrogens with zero attached hydrogens (tertiary/aromatic N) is 1. The molecule has 0 aliphatic rings. The zero-order chi connectivity index (χ0) is 12.6. The smallest absolute Gasteiger partial charge is 0.874 e. The minimum atomic E-state index is -0.335. The Kier molecular flexibility index (Phi) is 11.1. The first-order chi connectivity index (χ1) is 7.41. The summed E-state index contributed by atoms with van der Waals surface area (Å²) in [5.74, 6) is 0.125. The summed E-state index contributed by atoms with van der Waals surface area (Å²) in [6.07, 6.45) is 1.66. The Hall–Kier alpha value is -0.143. The molecule has 0 rings (SSSR count). The van der Waals surface area contributed by atoms with Crippen molar-refractivity contribution in [1.82, 2.24) is 4.90 Å². The SMILES string of the molecule is COCCN(C=C([O-])C(C)(C)C)CCOC.[Li+]. The normalized spacial score (nSPS) is 12.2. The first-order valence-electron chi connectivity index (χ1n) is 5.53. The molecule has 0 bridgehead atoms. The topological polar surface area (TPSA) is 44.8 Å². The van der Waals surface area contributed by atoms with Gasteiger partial charge >= 0.3 is 18.9 Å². The molecule has 0 unspecified atom stereocenters. The van der Waals surface area contributed by atoms with Gasteiger partial charge in [0.1, 0.15) is 0 Å². The van der Waals surface area contributed by atoms with Crippen molar-refractivity contribution in [1.29, 1.82) is 0 Å². The predicted octanol–water partition coefficient (Wildman–Crippen LogP) is -2.17. The maximum absolute atomic E-state index is 11.8. The minimum absolute atomic E-state index is 0. The molecule has 0 amide bonds. The summed E-state index contributed by atoms with van der Waals surface area (Å²) in [5, 5.41) is 11.8. The maximum Gasteiger partial charge on any atom is 1.00 e. The third-order valence-corrected chi connectivity index (χ3v) is 2.20. The molecule has 0 aromatic rings. The third kappa shape index (κ3) is 9.55. The largest absolute Gasteiger partial charge is 1.00 e. The van der Waals surface area contributed by atoms with Gasteiger partial charge < -0.3 is 19.5 Å². The molecule has 0 atom stereocenters. The molecule has 0 aromatic carbocycles. The fraction of sp³-hybridized carbons (Fsp3) is 0.833. The van der Waals surface area contributed by atoms with Gasteiger partial charge in [0.25, 0.3) is 0 Å². The van der Waals surface area contributed by atoms with Crippen molar-refractivity contribution < 1.29 is 33.4 Å². The van der Waals surface area contributed by atoms with Crippen LogP contribution in [0.25, 0.3) is 0 Å². The number of hydrogen-bond donors (Lipinski definition) is 0. The maximum atomic E-state index is 11.8. The van der Waals surface area contributed by atoms with Crippen LogP contribution >= 0.6 is 0 Å². The minimum Gasteiger partial charge on any atom is -0.874 e. The first kappa shape index (κ1) is 19.2. The van der Waals surface area contributed by atoms with E-state index in [1.807, 2.05) is 25.7 Å². The van der Waals surface area contributed by atoms with Crippen LogP contribution in [-0.2, 0) is 9.47 Å². The van der Waals surface area contributed by atoms with Crippen LogP contribution in [0, 0.1) is 5.41 Å². The van der Waals surface area contributed by atoms with Crippen LogP contribution in [0.1, 0.15) is 20.8 Å². The average molecular weight is 237 g/mol. The number of rotatable bonds is 7. The van der Waals surface area contributed by atoms with Crippen molar-refractivity contribution in [3.8, 4) is 0 Å². The molecular weight excluding hydrogens is 213 g/mol. The summed E-state index contributed by atoms with van der Waals surface area (Å²) in [5.41, 5.74) is -0.335. The molecule has 96 valence electrons. The van der Waals surface area contributed by atoms with Crippen molar-refractivity contribution >= 4 is 0 Å². The molecule has 17 heavy (non-hydrogen) atoms. The van der Waals surface area contributed by atoms with Gasteiger partial charge in [-0.25, -0.2) is 0 Å². The molecule has 0 aliphatic carbocycles. The molecule has 0 heterocycles. The number of allylic oxidation sites excluding steroid dienone is 1. The van der Waals surface area contributed by atoms with Gasteiger partial charge in [0.05, 0.1) is 13.2 Å². The molecule has 0 radical (unpaired) electrons. The quantitative estimate of drug-likeness (QED) is 0.373. The number of hydrogen-bond acceptors (Lipinski definition) is 4. The Balaban J connectivity index is 0. The number of ether oxygens (including phenoxy) is 2. The van der Waals surface area contributed by atoms with Crippen LogP contribution in [0.4, 0.5) is 0 Å². The van der Waals surface area contributed by atoms with E-state index < -0.39 is 0 Å². The molecule has 0 spiro atoms. The van der Waals surface area contributed by atoms with Gasteiger partial charge in [0, 0.05) is 27.3 Å². The van der Waals surface area contributed by atoms with Crippen molar-refractivity contribution in [3.05, 3.63) is 12.0 Å². The van der Waals surface area contributed by atoms with E-state index in [0.717, 1.165) is 0 Å². The van der Waals surface area contributed by atoms with Gasteiger partial charge in [-0.15, -0.1) is 5.76 Å². The molecule has 4 nitrogen and oxygen atoms in total. The fourth-order valence-corrected chi connectivity index (χ4v) is 1.02. The summed E-state index contributed by atoms with van der Waals surface area (Å²) >= 11 is 0. The summed E-state index contributed by atoms with van der Waals surface area (Å²) in [7, 11) is 3.31. The second kappa shape index (κ2) is 9.84. The van der Waals surface area contributed by atoms with Crippen molar-refractivity contribution in [2.24, 2.45) is 5.41 Å². The van der Waals surface area contributed by atoms with Gasteiger partial charge in [-0.2, -0.15) is 0 Å². The Morgan fingerprint density at radius 3 is 1.82 bits per heavy atom. The summed E-state index contributed by atoms with van der Waals surface area (Å²) in [6.45, 7) is 8.38. The second-order valence-electron chi connectivity index (χ2n) is 4.76. The van der Waals surface area contributed by atoms with E-state index in [-0.39, 0.29) is 30.0 Å². The van der Waals surface area contributed by atoms with Gasteiger partial charge in [0.15, 0.2) is 0 Å². The van der Waals surface area contributed by atoms with Crippen molar-refractivity contribution in [2.45, 2.75) is 20.8 Å². The van der Waals surface area contributed by atoms with Gasteiger partial charge in [0.2, 0.25) is 0 Å². The average Bonchev–Trinajstić information content (AvgIpc) is 2.20. The molecule has 0 N–H and O–H groups in total. The van der Waals surface area contributed by atoms with Crippen LogP contribution in [-0.4, -0.2) is 45.4 Å². The van der Waals surface area contributed by atoms with E-state index in [1.54, 1.807) is 20.4 Å². The van der Waals surface area contributed by atoms with Gasteiger partial charge in [-0.1, -0.05) is 20.8 Å². The van der Waals surface area contributed by atoms with E-state index in [9.17, 15) is 5.11 Å². The van der Waals surface area contributed by atoms with E-state index in [0.29, 0.717) is 26.3 Å². The van der Waals surface area contributed by atoms with Gasteiger partial charge in [-0.3, -0.25) is 0 Å². The molecule has 0 saturated heterocycles. The van der Waals surface area contributed by atoms with Crippen molar-refractivity contribution in [3.63, 3.8) is 0 Å². The van der Waals surface area contributed by atoms with Crippen LogP contribution in [0.15, 0.2) is 12.0 Å². The Labute approximate surface area is 117 Å². The molecular formula is C12H24LiNO3. The second-order valence-corrected chi connectivity index (χ2v) is 4.76. The molecule has 0 aromatic heterocycles. The first-order valence-corrected chi connectivity index (χ1v) is 5.53. The summed E-state index contributed by atoms with van der Waals surface area (Å²) in [6, 6.07) is 0. The fourth-order valence-electron chi connectivity index (χ4n) is 1.02. The monoisotopic (exact) mass is 237 g/mol. The van der Waals surface area contributed by atoms with E-state index in [4.69, 9.17) is 9.47 Å². The van der Waals surface area contributed by atoms with Crippen LogP contribution in [0.2, 0.25) is 0 Å². The molecule has 0 fully saturated rings. The van der Waals surface area contributed by atoms with Crippen LogP contribution < -0.4 is 24.0 Å². The molecule has 5 heteroatoms. The van der Waals surface area contributed by atoms with Crippen LogP contribution in [0.5, 0.6) is 0 Å². The Morgan fingerprint density at radius 1 is 1.12 bits per heavy atom. The third-order valence-electron chi connectivity index (χ3n) is 2.20. The van der Waals surface area contributed by atoms with Crippen molar-refractivity contribution in [2.75, 3.05) is 40.5 Å². The molecule has 0 saturated carbocycles. The molecule has 0 aliphatic heterocycles. The van der Waals surface area contributed by atoms with Crippen LogP contribution in [0.3, 0.4) is 0 Å². The van der Waals surface area contributed by atoms with Gasteiger partial charge in [-0.05, 0) is 11.6 Å². The van der Waals surface area contributed by atoms with E-state index in [2.05, 4.69) is 0 Å². The Morgan fingerprint density at radius 2 is 1.53 bits per heavy atom. The zero-order valence-electron chi connectivity index (χ0n) is 12.1. The standard InChI is InChI=1S/C12H25NO3.Li/c1-12(2,3)11(14)10-13(6-8-15-4)7-9-16-5;/h10,14H,6-9H2,1-5H3;/q;+1/p-1.